The lowest BCUT2D eigenvalue weighted by atomic mass is 10.2. The third kappa shape index (κ3) is 3.82. The quantitative estimate of drug-likeness (QED) is 0.803. The molecule has 2 rings (SSSR count). The molecule has 9 heteroatoms. The van der Waals surface area contributed by atoms with E-state index in [1.165, 1.54) is 18.3 Å². The average molecular weight is 344 g/mol. The van der Waals surface area contributed by atoms with Crippen LogP contribution in [0.2, 0.25) is 5.15 Å². The third-order valence-electron chi connectivity index (χ3n) is 3.04. The Morgan fingerprint density at radius 1 is 1.41 bits per heavy atom. The Morgan fingerprint density at radius 3 is 2.73 bits per heavy atom. The monoisotopic (exact) mass is 343 g/mol. The van der Waals surface area contributed by atoms with Gasteiger partial charge in [-0.25, -0.2) is 23.1 Å². The predicted octanol–water partition coefficient (Wildman–Crippen LogP) is 1.51. The molecule has 2 aromatic heterocycles. The number of nitrogens with zero attached hydrogens (tertiary/aromatic N) is 4. The first-order valence-electron chi connectivity index (χ1n) is 6.81. The zero-order chi connectivity index (χ0) is 16.3. The number of aryl methyl sites for hydroxylation is 1. The molecule has 0 unspecified atom stereocenters. The molecule has 1 N–H and O–H groups in total. The first-order valence-corrected chi connectivity index (χ1v) is 8.67. The van der Waals surface area contributed by atoms with Gasteiger partial charge in [0.1, 0.15) is 15.9 Å². The SMILES string of the molecule is CC(C)c1nc(CCNS(=O)(=O)c2cccnc2Cl)n(C)n1. The Labute approximate surface area is 134 Å². The van der Waals surface area contributed by atoms with Crippen LogP contribution >= 0.6 is 11.6 Å². The molecule has 2 heterocycles. The van der Waals surface area contributed by atoms with Crippen LogP contribution in [0, 0.1) is 0 Å². The van der Waals surface area contributed by atoms with Gasteiger partial charge in [-0.3, -0.25) is 4.68 Å². The second-order valence-corrected chi connectivity index (χ2v) is 7.20. The van der Waals surface area contributed by atoms with E-state index in [0.717, 1.165) is 11.6 Å². The van der Waals surface area contributed by atoms with Gasteiger partial charge >= 0.3 is 0 Å². The maximum absolute atomic E-state index is 12.2. The van der Waals surface area contributed by atoms with Gasteiger partial charge in [0.05, 0.1) is 0 Å². The van der Waals surface area contributed by atoms with E-state index in [0.29, 0.717) is 6.42 Å². The minimum atomic E-state index is -3.69. The largest absolute Gasteiger partial charge is 0.253 e. The molecule has 0 aromatic carbocycles. The van der Waals surface area contributed by atoms with Crippen LogP contribution in [0.15, 0.2) is 23.2 Å². The van der Waals surface area contributed by atoms with Crippen LogP contribution in [0.5, 0.6) is 0 Å². The Morgan fingerprint density at radius 2 is 2.14 bits per heavy atom. The van der Waals surface area contributed by atoms with E-state index in [-0.39, 0.29) is 22.5 Å². The number of hydrogen-bond donors (Lipinski definition) is 1. The van der Waals surface area contributed by atoms with Crippen LogP contribution < -0.4 is 4.72 Å². The fourth-order valence-electron chi connectivity index (χ4n) is 1.85. The molecule has 7 nitrogen and oxygen atoms in total. The lowest BCUT2D eigenvalue weighted by Crippen LogP contribution is -2.27. The van der Waals surface area contributed by atoms with E-state index in [9.17, 15) is 8.42 Å². The van der Waals surface area contributed by atoms with Gasteiger partial charge in [0, 0.05) is 32.1 Å². The molecule has 120 valence electrons. The van der Waals surface area contributed by atoms with Gasteiger partial charge in [-0.2, -0.15) is 5.10 Å². The number of hydrogen-bond acceptors (Lipinski definition) is 5. The van der Waals surface area contributed by atoms with Crippen LogP contribution in [0.25, 0.3) is 0 Å². The summed E-state index contributed by atoms with van der Waals surface area (Å²) in [6.45, 7) is 4.22. The summed E-state index contributed by atoms with van der Waals surface area (Å²) in [5.41, 5.74) is 0. The molecule has 22 heavy (non-hydrogen) atoms. The summed E-state index contributed by atoms with van der Waals surface area (Å²) < 4.78 is 28.5. The minimum absolute atomic E-state index is 0.0301. The fourth-order valence-corrected chi connectivity index (χ4v) is 3.33. The summed E-state index contributed by atoms with van der Waals surface area (Å²) in [6.07, 6.45) is 1.88. The second-order valence-electron chi connectivity index (χ2n) is 5.10. The molecule has 0 amide bonds. The van der Waals surface area contributed by atoms with Gasteiger partial charge in [0.2, 0.25) is 10.0 Å². The van der Waals surface area contributed by atoms with Gasteiger partial charge in [-0.05, 0) is 12.1 Å². The van der Waals surface area contributed by atoms with Crippen molar-refractivity contribution in [2.24, 2.45) is 7.05 Å². The van der Waals surface area contributed by atoms with Crippen molar-refractivity contribution in [2.75, 3.05) is 6.54 Å². The smallest absolute Gasteiger partial charge is 0.243 e. The number of halogens is 1. The predicted molar refractivity (Wildman–Crippen MR) is 83.2 cm³/mol. The lowest BCUT2D eigenvalue weighted by Gasteiger charge is -2.07. The topological polar surface area (TPSA) is 89.8 Å². The molecule has 0 aliphatic rings. The molecular formula is C13H18ClN5O2S. The number of rotatable bonds is 6. The summed E-state index contributed by atoms with van der Waals surface area (Å²) in [4.78, 5) is 8.14. The van der Waals surface area contributed by atoms with Crippen molar-refractivity contribution in [1.29, 1.82) is 0 Å². The summed E-state index contributed by atoms with van der Waals surface area (Å²) in [6, 6.07) is 2.94. The molecule has 0 saturated carbocycles. The molecule has 0 fully saturated rings. The summed E-state index contributed by atoms with van der Waals surface area (Å²) >= 11 is 5.81. The molecule has 0 aliphatic heterocycles. The number of nitrogens with one attached hydrogen (secondary N) is 1. The Kier molecular flexibility index (Phi) is 5.15. The van der Waals surface area contributed by atoms with E-state index in [2.05, 4.69) is 19.8 Å². The minimum Gasteiger partial charge on any atom is -0.253 e. The van der Waals surface area contributed by atoms with Crippen LogP contribution in [-0.2, 0) is 23.5 Å². The average Bonchev–Trinajstić information content (AvgIpc) is 2.81. The van der Waals surface area contributed by atoms with Crippen molar-refractivity contribution in [3.8, 4) is 0 Å². The molecule has 0 bridgehead atoms. The van der Waals surface area contributed by atoms with E-state index < -0.39 is 10.0 Å². The van der Waals surface area contributed by atoms with Gasteiger partial charge in [-0.15, -0.1) is 0 Å². The highest BCUT2D eigenvalue weighted by Crippen LogP contribution is 2.17. The standard InChI is InChI=1S/C13H18ClN5O2S/c1-9(2)13-17-11(19(3)18-13)6-8-16-22(20,21)10-5-4-7-15-12(10)14/h4-5,7,9,16H,6,8H2,1-3H3. The maximum atomic E-state index is 12.2. The van der Waals surface area contributed by atoms with Crippen molar-refractivity contribution in [3.63, 3.8) is 0 Å². The summed E-state index contributed by atoms with van der Waals surface area (Å²) in [5, 5.41) is 4.25. The number of sulfonamides is 1. The molecule has 0 radical (unpaired) electrons. The Bertz CT molecular complexity index is 758. The fraction of sp³-hybridized carbons (Fsp3) is 0.462. The molecule has 0 spiro atoms. The van der Waals surface area contributed by atoms with Crippen molar-refractivity contribution in [3.05, 3.63) is 35.1 Å². The first-order chi connectivity index (χ1) is 10.3. The van der Waals surface area contributed by atoms with Crippen molar-refractivity contribution in [1.82, 2.24) is 24.5 Å². The number of pyridine rings is 1. The zero-order valence-corrected chi connectivity index (χ0v) is 14.2. The van der Waals surface area contributed by atoms with E-state index in [1.807, 2.05) is 13.8 Å². The van der Waals surface area contributed by atoms with Crippen molar-refractivity contribution in [2.45, 2.75) is 31.1 Å². The number of aromatic nitrogens is 4. The van der Waals surface area contributed by atoms with E-state index in [1.54, 1.807) is 11.7 Å². The van der Waals surface area contributed by atoms with Crippen LogP contribution in [0.1, 0.15) is 31.4 Å². The normalized spacial score (nSPS) is 12.0. The second kappa shape index (κ2) is 6.72. The van der Waals surface area contributed by atoms with Crippen molar-refractivity contribution < 1.29 is 8.42 Å². The molecule has 0 atom stereocenters. The molecular weight excluding hydrogens is 326 g/mol. The van der Waals surface area contributed by atoms with E-state index in [4.69, 9.17) is 11.6 Å². The Hall–Kier alpha value is -1.51. The summed E-state index contributed by atoms with van der Waals surface area (Å²) in [5.74, 6) is 1.70. The highest BCUT2D eigenvalue weighted by molar-refractivity contribution is 7.89. The molecule has 0 saturated heterocycles. The van der Waals surface area contributed by atoms with Crippen LogP contribution in [-0.4, -0.2) is 34.7 Å². The third-order valence-corrected chi connectivity index (χ3v) is 4.95. The van der Waals surface area contributed by atoms with Crippen LogP contribution in [0.3, 0.4) is 0 Å². The zero-order valence-electron chi connectivity index (χ0n) is 12.6. The van der Waals surface area contributed by atoms with Gasteiger partial charge in [-0.1, -0.05) is 25.4 Å². The lowest BCUT2D eigenvalue weighted by molar-refractivity contribution is 0.578. The highest BCUT2D eigenvalue weighted by Gasteiger charge is 2.18. The first kappa shape index (κ1) is 16.9. The molecule has 2 aromatic rings. The maximum Gasteiger partial charge on any atom is 0.243 e. The summed E-state index contributed by atoms with van der Waals surface area (Å²) in [7, 11) is -1.89. The van der Waals surface area contributed by atoms with E-state index >= 15 is 0 Å². The molecule has 0 aliphatic carbocycles. The highest BCUT2D eigenvalue weighted by atomic mass is 35.5. The van der Waals surface area contributed by atoms with Crippen LogP contribution in [0.4, 0.5) is 0 Å². The van der Waals surface area contributed by atoms with Crippen molar-refractivity contribution >= 4 is 21.6 Å². The van der Waals surface area contributed by atoms with Gasteiger partial charge in [0.15, 0.2) is 5.82 Å². The Balaban J connectivity index is 2.03. The van der Waals surface area contributed by atoms with Gasteiger partial charge < -0.3 is 0 Å². The van der Waals surface area contributed by atoms with Gasteiger partial charge in [0.25, 0.3) is 0 Å².